The maximum absolute atomic E-state index is 12.8. The van der Waals surface area contributed by atoms with Crippen molar-refractivity contribution in [3.05, 3.63) is 64.4 Å². The van der Waals surface area contributed by atoms with Crippen molar-refractivity contribution in [1.82, 2.24) is 20.1 Å². The highest BCUT2D eigenvalue weighted by Gasteiger charge is 2.25. The zero-order chi connectivity index (χ0) is 24.8. The third-order valence-corrected chi connectivity index (χ3v) is 6.51. The number of benzene rings is 2. The molecule has 0 saturated heterocycles. The molecule has 0 unspecified atom stereocenters. The molecule has 0 fully saturated rings. The first-order chi connectivity index (χ1) is 16.2. The van der Waals surface area contributed by atoms with Gasteiger partial charge in [0.15, 0.2) is 11.0 Å². The van der Waals surface area contributed by atoms with E-state index in [0.717, 1.165) is 5.56 Å². The van der Waals surface area contributed by atoms with Gasteiger partial charge in [-0.2, -0.15) is 0 Å². The average molecular weight is 502 g/mol. The summed E-state index contributed by atoms with van der Waals surface area (Å²) in [6, 6.07) is 11.9. The van der Waals surface area contributed by atoms with Gasteiger partial charge >= 0.3 is 0 Å². The van der Waals surface area contributed by atoms with E-state index in [-0.39, 0.29) is 29.5 Å². The van der Waals surface area contributed by atoms with Crippen LogP contribution in [0.3, 0.4) is 0 Å². The Balaban J connectivity index is 1.66. The molecule has 2 aromatic carbocycles. The third kappa shape index (κ3) is 6.30. The van der Waals surface area contributed by atoms with Crippen LogP contribution in [0.4, 0.5) is 5.69 Å². The maximum atomic E-state index is 12.8. The SMILES string of the molecule is COc1ccc(C(=O)N[C@@H](c2nnc(SCC(=O)Nc3cc(Cl)ccc3C)n2C)C(C)C)cc1. The molecular formula is C24H28ClN5O3S. The van der Waals surface area contributed by atoms with E-state index in [2.05, 4.69) is 20.8 Å². The number of methoxy groups -OCH3 is 1. The number of nitrogens with one attached hydrogen (secondary N) is 2. The van der Waals surface area contributed by atoms with Crippen LogP contribution in [0.1, 0.15) is 41.6 Å². The Hall–Kier alpha value is -3.04. The van der Waals surface area contributed by atoms with Gasteiger partial charge in [-0.3, -0.25) is 9.59 Å². The number of nitrogens with zero attached hydrogens (tertiary/aromatic N) is 3. The smallest absolute Gasteiger partial charge is 0.251 e. The monoisotopic (exact) mass is 501 g/mol. The molecule has 0 bridgehead atoms. The number of amides is 2. The Bertz CT molecular complexity index is 1160. The largest absolute Gasteiger partial charge is 0.497 e. The van der Waals surface area contributed by atoms with Gasteiger partial charge in [-0.25, -0.2) is 0 Å². The predicted octanol–water partition coefficient (Wildman–Crippen LogP) is 4.64. The number of aromatic nitrogens is 3. The van der Waals surface area contributed by atoms with Crippen molar-refractivity contribution >= 4 is 40.9 Å². The second-order valence-corrected chi connectivity index (χ2v) is 9.50. The van der Waals surface area contributed by atoms with Gasteiger partial charge in [-0.05, 0) is 54.8 Å². The van der Waals surface area contributed by atoms with Gasteiger partial charge in [-0.15, -0.1) is 10.2 Å². The molecule has 0 aliphatic heterocycles. The van der Waals surface area contributed by atoms with Crippen molar-refractivity contribution in [2.24, 2.45) is 13.0 Å². The van der Waals surface area contributed by atoms with Crippen molar-refractivity contribution < 1.29 is 14.3 Å². The maximum Gasteiger partial charge on any atom is 0.251 e. The molecule has 0 aliphatic rings. The van der Waals surface area contributed by atoms with Gasteiger partial charge < -0.3 is 19.9 Å². The highest BCUT2D eigenvalue weighted by atomic mass is 35.5. The molecule has 8 nitrogen and oxygen atoms in total. The van der Waals surface area contributed by atoms with Gasteiger partial charge in [-0.1, -0.05) is 43.3 Å². The Kier molecular flexibility index (Phi) is 8.57. The molecule has 0 aliphatic carbocycles. The summed E-state index contributed by atoms with van der Waals surface area (Å²) in [5.41, 5.74) is 2.13. The van der Waals surface area contributed by atoms with E-state index in [4.69, 9.17) is 16.3 Å². The van der Waals surface area contributed by atoms with Gasteiger partial charge in [0.1, 0.15) is 5.75 Å². The molecule has 0 spiro atoms. The number of halogens is 1. The lowest BCUT2D eigenvalue weighted by Crippen LogP contribution is -2.33. The number of carbonyl (C=O) groups is 2. The lowest BCUT2D eigenvalue weighted by Gasteiger charge is -2.21. The van der Waals surface area contributed by atoms with Crippen LogP contribution in [0.5, 0.6) is 5.75 Å². The second kappa shape index (κ2) is 11.4. The van der Waals surface area contributed by atoms with Crippen molar-refractivity contribution in [3.63, 3.8) is 0 Å². The van der Waals surface area contributed by atoms with E-state index in [0.29, 0.717) is 33.0 Å². The highest BCUT2D eigenvalue weighted by Crippen LogP contribution is 2.25. The number of hydrogen-bond donors (Lipinski definition) is 2. The Labute approximate surface area is 208 Å². The average Bonchev–Trinajstić information content (AvgIpc) is 3.18. The normalized spacial score (nSPS) is 11.9. The Morgan fingerprint density at radius 1 is 1.15 bits per heavy atom. The summed E-state index contributed by atoms with van der Waals surface area (Å²) in [7, 11) is 3.40. The molecular weight excluding hydrogens is 474 g/mol. The van der Waals surface area contributed by atoms with Crippen molar-refractivity contribution in [1.29, 1.82) is 0 Å². The summed E-state index contributed by atoms with van der Waals surface area (Å²) in [4.78, 5) is 25.3. The van der Waals surface area contributed by atoms with Gasteiger partial charge in [0.05, 0.1) is 18.9 Å². The summed E-state index contributed by atoms with van der Waals surface area (Å²) >= 11 is 7.30. The fourth-order valence-corrected chi connectivity index (χ4v) is 4.15. The molecule has 10 heteroatoms. The summed E-state index contributed by atoms with van der Waals surface area (Å²) in [6.07, 6.45) is 0. The van der Waals surface area contributed by atoms with Crippen molar-refractivity contribution in [3.8, 4) is 5.75 Å². The van der Waals surface area contributed by atoms with E-state index in [9.17, 15) is 9.59 Å². The number of thioether (sulfide) groups is 1. The fraction of sp³-hybridized carbons (Fsp3) is 0.333. The minimum Gasteiger partial charge on any atom is -0.497 e. The van der Waals surface area contributed by atoms with Crippen molar-refractivity contribution in [2.45, 2.75) is 32.0 Å². The van der Waals surface area contributed by atoms with Gasteiger partial charge in [0, 0.05) is 23.3 Å². The van der Waals surface area contributed by atoms with E-state index < -0.39 is 0 Å². The number of hydrogen-bond acceptors (Lipinski definition) is 6. The molecule has 0 radical (unpaired) electrons. The quantitative estimate of drug-likeness (QED) is 0.414. The Morgan fingerprint density at radius 2 is 1.85 bits per heavy atom. The first kappa shape index (κ1) is 25.6. The molecule has 2 N–H and O–H groups in total. The summed E-state index contributed by atoms with van der Waals surface area (Å²) < 4.78 is 6.96. The zero-order valence-electron chi connectivity index (χ0n) is 19.8. The molecule has 1 aromatic heterocycles. The fourth-order valence-electron chi connectivity index (χ4n) is 3.26. The molecule has 3 rings (SSSR count). The second-order valence-electron chi connectivity index (χ2n) is 8.12. The number of rotatable bonds is 9. The van der Waals surface area contributed by atoms with Crippen LogP contribution >= 0.6 is 23.4 Å². The van der Waals surface area contributed by atoms with Crippen LogP contribution in [0.2, 0.25) is 5.02 Å². The lowest BCUT2D eigenvalue weighted by molar-refractivity contribution is -0.113. The molecule has 3 aromatic rings. The molecule has 1 atom stereocenters. The molecule has 34 heavy (non-hydrogen) atoms. The minimum absolute atomic E-state index is 0.0667. The number of ether oxygens (including phenoxy) is 1. The van der Waals surface area contributed by atoms with E-state index in [1.54, 1.807) is 43.5 Å². The zero-order valence-corrected chi connectivity index (χ0v) is 21.3. The highest BCUT2D eigenvalue weighted by molar-refractivity contribution is 7.99. The third-order valence-electron chi connectivity index (χ3n) is 5.26. The van der Waals surface area contributed by atoms with Crippen LogP contribution in [0.15, 0.2) is 47.6 Å². The van der Waals surface area contributed by atoms with Crippen LogP contribution in [0, 0.1) is 12.8 Å². The number of anilines is 1. The number of aryl methyl sites for hydroxylation is 1. The Morgan fingerprint density at radius 3 is 2.50 bits per heavy atom. The van der Waals surface area contributed by atoms with Gasteiger partial charge in [0.25, 0.3) is 5.91 Å². The number of carbonyl (C=O) groups excluding carboxylic acids is 2. The topological polar surface area (TPSA) is 98.1 Å². The molecule has 2 amide bonds. The summed E-state index contributed by atoms with van der Waals surface area (Å²) in [5, 5.41) is 15.6. The first-order valence-corrected chi connectivity index (χ1v) is 12.1. The van der Waals surface area contributed by atoms with Crippen LogP contribution in [-0.2, 0) is 11.8 Å². The van der Waals surface area contributed by atoms with Crippen LogP contribution in [-0.4, -0.2) is 39.4 Å². The van der Waals surface area contributed by atoms with Gasteiger partial charge in [0.2, 0.25) is 5.91 Å². The summed E-state index contributed by atoms with van der Waals surface area (Å²) in [6.45, 7) is 5.91. The lowest BCUT2D eigenvalue weighted by atomic mass is 10.0. The van der Waals surface area contributed by atoms with E-state index in [1.165, 1.54) is 11.8 Å². The standard InChI is InChI=1S/C24H28ClN5O3S/c1-14(2)21(27-23(32)16-7-10-18(33-5)11-8-16)22-28-29-24(30(22)4)34-13-20(31)26-19-12-17(25)9-6-15(19)3/h6-12,14,21H,13H2,1-5H3,(H,26,31)(H,27,32)/t21-/m1/s1. The minimum atomic E-state index is -0.357. The van der Waals surface area contributed by atoms with Crippen molar-refractivity contribution in [2.75, 3.05) is 18.2 Å². The first-order valence-electron chi connectivity index (χ1n) is 10.7. The van der Waals surface area contributed by atoms with E-state index in [1.807, 2.05) is 38.5 Å². The molecule has 1 heterocycles. The van der Waals surface area contributed by atoms with E-state index >= 15 is 0 Å². The molecule has 0 saturated carbocycles. The summed E-state index contributed by atoms with van der Waals surface area (Å²) in [5.74, 6) is 1.13. The van der Waals surface area contributed by atoms with Crippen LogP contribution in [0.25, 0.3) is 0 Å². The van der Waals surface area contributed by atoms with Crippen LogP contribution < -0.4 is 15.4 Å². The predicted molar refractivity (Wildman–Crippen MR) is 135 cm³/mol. The molecule has 180 valence electrons.